The van der Waals surface area contributed by atoms with Crippen LogP contribution in [0.4, 0.5) is 4.79 Å². The van der Waals surface area contributed by atoms with Gasteiger partial charge in [-0.2, -0.15) is 5.10 Å². The second-order valence-electron chi connectivity index (χ2n) is 9.68. The Hall–Kier alpha value is -5.16. The number of aromatic hydroxyl groups is 1. The van der Waals surface area contributed by atoms with Gasteiger partial charge in [-0.3, -0.25) is 9.59 Å². The Morgan fingerprint density at radius 3 is 2.31 bits per heavy atom. The Balaban J connectivity index is 1.44. The van der Waals surface area contributed by atoms with Gasteiger partial charge in [0.25, 0.3) is 5.91 Å². The summed E-state index contributed by atoms with van der Waals surface area (Å²) in [6.45, 7) is 1.20. The average molecular weight is 572 g/mol. The molecule has 3 amide bonds. The molecule has 3 aromatic carbocycles. The highest BCUT2D eigenvalue weighted by atomic mass is 16.5. The van der Waals surface area contributed by atoms with E-state index in [0.29, 0.717) is 5.56 Å². The van der Waals surface area contributed by atoms with Crippen LogP contribution in [0.1, 0.15) is 22.4 Å². The summed E-state index contributed by atoms with van der Waals surface area (Å²) in [6, 6.07) is 20.5. The molecule has 0 aliphatic carbocycles. The van der Waals surface area contributed by atoms with Crippen molar-refractivity contribution in [2.45, 2.75) is 32.0 Å². The van der Waals surface area contributed by atoms with Gasteiger partial charge in [-0.15, -0.1) is 0 Å². The number of alkyl carbamates (subject to hydrolysis) is 1. The Labute approximate surface area is 242 Å². The molecule has 0 saturated carbocycles. The number of nitrogens with one attached hydrogen (secondary N) is 3. The van der Waals surface area contributed by atoms with Crippen molar-refractivity contribution in [3.8, 4) is 5.75 Å². The lowest BCUT2D eigenvalue weighted by atomic mass is 10.0. The monoisotopic (exact) mass is 571 g/mol. The van der Waals surface area contributed by atoms with Crippen molar-refractivity contribution in [1.82, 2.24) is 20.6 Å². The third-order valence-electron chi connectivity index (χ3n) is 6.83. The molecule has 42 heavy (non-hydrogen) atoms. The van der Waals surface area contributed by atoms with E-state index in [-0.39, 0.29) is 18.8 Å². The van der Waals surface area contributed by atoms with Gasteiger partial charge in [-0.05, 0) is 36.2 Å². The number of benzene rings is 3. The fourth-order valence-electron chi connectivity index (χ4n) is 4.40. The Morgan fingerprint density at radius 1 is 0.905 bits per heavy atom. The van der Waals surface area contributed by atoms with Gasteiger partial charge in [0.1, 0.15) is 24.4 Å². The number of hydrazone groups is 1. The van der Waals surface area contributed by atoms with E-state index in [1.165, 1.54) is 12.1 Å². The van der Waals surface area contributed by atoms with E-state index in [0.717, 1.165) is 27.7 Å². The van der Waals surface area contributed by atoms with Crippen LogP contribution in [0.3, 0.4) is 0 Å². The zero-order valence-electron chi connectivity index (χ0n) is 23.3. The Bertz CT molecular complexity index is 1570. The second-order valence-corrected chi connectivity index (χ2v) is 9.68. The molecule has 4 rings (SSSR count). The maximum atomic E-state index is 13.2. The summed E-state index contributed by atoms with van der Waals surface area (Å²) >= 11 is 0. The number of fused-ring (bicyclic) bond motifs is 1. The van der Waals surface area contributed by atoms with Gasteiger partial charge in [0.15, 0.2) is 0 Å². The summed E-state index contributed by atoms with van der Waals surface area (Å²) in [4.78, 5) is 38.5. The number of aliphatic hydroxyl groups excluding tert-OH is 1. The first-order valence-corrected chi connectivity index (χ1v) is 13.3. The van der Waals surface area contributed by atoms with E-state index in [4.69, 9.17) is 4.74 Å². The number of carbonyl (C=O) groups excluding carboxylic acids is 3. The number of hydrogen-bond donors (Lipinski definition) is 5. The molecule has 218 valence electrons. The fourth-order valence-corrected chi connectivity index (χ4v) is 4.40. The van der Waals surface area contributed by atoms with Crippen LogP contribution >= 0.6 is 0 Å². The number of para-hydroxylation sites is 1. The minimum Gasteiger partial charge on any atom is -0.508 e. The van der Waals surface area contributed by atoms with Crippen molar-refractivity contribution in [3.05, 3.63) is 101 Å². The van der Waals surface area contributed by atoms with E-state index < -0.39 is 36.6 Å². The molecule has 11 heteroatoms. The van der Waals surface area contributed by atoms with Crippen molar-refractivity contribution in [2.75, 3.05) is 6.61 Å². The Kier molecular flexibility index (Phi) is 9.90. The Morgan fingerprint density at radius 2 is 1.60 bits per heavy atom. The van der Waals surface area contributed by atoms with Crippen LogP contribution in [-0.4, -0.2) is 57.6 Å². The van der Waals surface area contributed by atoms with Gasteiger partial charge >= 0.3 is 6.09 Å². The fraction of sp³-hybridized carbons (Fsp3) is 0.226. The molecule has 0 radical (unpaired) electrons. The van der Waals surface area contributed by atoms with E-state index in [1.54, 1.807) is 42.6 Å². The van der Waals surface area contributed by atoms with Crippen LogP contribution in [0.15, 0.2) is 84.0 Å². The summed E-state index contributed by atoms with van der Waals surface area (Å²) < 4.78 is 7.17. The molecule has 0 spiro atoms. The van der Waals surface area contributed by atoms with Gasteiger partial charge in [0, 0.05) is 35.6 Å². The summed E-state index contributed by atoms with van der Waals surface area (Å²) in [5, 5.41) is 29.4. The molecule has 2 atom stereocenters. The number of aliphatic hydroxyl groups is 1. The highest BCUT2D eigenvalue weighted by Gasteiger charge is 2.27. The molecular formula is C31H33N5O6. The predicted molar refractivity (Wildman–Crippen MR) is 158 cm³/mol. The molecule has 1 heterocycles. The highest BCUT2D eigenvalue weighted by Crippen LogP contribution is 2.23. The van der Waals surface area contributed by atoms with Crippen LogP contribution in [-0.2, 0) is 34.4 Å². The minimum atomic E-state index is -1.37. The molecule has 4 aromatic rings. The van der Waals surface area contributed by atoms with Gasteiger partial charge in [0.05, 0.1) is 12.8 Å². The lowest BCUT2D eigenvalue weighted by molar-refractivity contribution is -0.130. The van der Waals surface area contributed by atoms with Gasteiger partial charge in [-0.1, -0.05) is 60.7 Å². The van der Waals surface area contributed by atoms with Crippen LogP contribution < -0.4 is 16.1 Å². The number of nitrogens with zero attached hydrogens (tertiary/aromatic N) is 2. The number of ether oxygens (including phenoxy) is 1. The topological polar surface area (TPSA) is 154 Å². The van der Waals surface area contributed by atoms with Gasteiger partial charge < -0.3 is 30.2 Å². The van der Waals surface area contributed by atoms with Crippen LogP contribution in [0, 0.1) is 6.92 Å². The lowest BCUT2D eigenvalue weighted by Gasteiger charge is -2.21. The van der Waals surface area contributed by atoms with Gasteiger partial charge in [0.2, 0.25) is 5.91 Å². The van der Waals surface area contributed by atoms with E-state index >= 15 is 0 Å². The van der Waals surface area contributed by atoms with Crippen molar-refractivity contribution >= 4 is 35.0 Å². The second kappa shape index (κ2) is 14.0. The maximum Gasteiger partial charge on any atom is 0.408 e. The van der Waals surface area contributed by atoms with Crippen LogP contribution in [0.2, 0.25) is 0 Å². The molecule has 0 fully saturated rings. The van der Waals surface area contributed by atoms with E-state index in [2.05, 4.69) is 21.2 Å². The number of aryl methyl sites for hydroxylation is 1. The smallest absolute Gasteiger partial charge is 0.408 e. The number of aromatic nitrogens is 1. The minimum absolute atomic E-state index is 0.0213. The molecule has 0 aliphatic rings. The van der Waals surface area contributed by atoms with Crippen molar-refractivity contribution < 1.29 is 29.3 Å². The number of phenolic OH excluding ortho intramolecular Hbond substituents is 1. The highest BCUT2D eigenvalue weighted by molar-refractivity contribution is 6.01. The van der Waals surface area contributed by atoms with Gasteiger partial charge in [-0.25, -0.2) is 10.2 Å². The van der Waals surface area contributed by atoms with Crippen molar-refractivity contribution in [2.24, 2.45) is 12.1 Å². The standard InChI is InChI=1S/C31H33N5O6/c1-20-25(24-10-6-7-11-28(24)36(20)2)17-32-35-30(40)26(16-21-12-14-23(38)15-13-21)33-29(39)27(18-37)34-31(41)42-19-22-8-4-3-5-9-22/h3-15,17,26-27,37-38H,16,18-19H2,1-2H3,(H,33,39)(H,34,41)(H,35,40)/b32-17-/t26-,27-/m0/s1. The van der Waals surface area contributed by atoms with Crippen LogP contribution in [0.5, 0.6) is 5.75 Å². The molecule has 5 N–H and O–H groups in total. The number of phenols is 1. The first-order chi connectivity index (χ1) is 20.3. The largest absolute Gasteiger partial charge is 0.508 e. The first-order valence-electron chi connectivity index (χ1n) is 13.3. The lowest BCUT2D eigenvalue weighted by Crippen LogP contribution is -2.55. The normalized spacial score (nSPS) is 12.5. The molecule has 0 saturated heterocycles. The molecule has 0 bridgehead atoms. The molecule has 11 nitrogen and oxygen atoms in total. The number of carbonyl (C=O) groups is 3. The van der Waals surface area contributed by atoms with Crippen molar-refractivity contribution in [3.63, 3.8) is 0 Å². The zero-order chi connectivity index (χ0) is 30.1. The van der Waals surface area contributed by atoms with Crippen molar-refractivity contribution in [1.29, 1.82) is 0 Å². The van der Waals surface area contributed by atoms with E-state index in [1.807, 2.05) is 48.9 Å². The predicted octanol–water partition coefficient (Wildman–Crippen LogP) is 2.66. The number of rotatable bonds is 11. The summed E-state index contributed by atoms with van der Waals surface area (Å²) in [5.41, 5.74) is 6.71. The summed E-state index contributed by atoms with van der Waals surface area (Å²) in [7, 11) is 1.94. The number of amides is 3. The molecular weight excluding hydrogens is 538 g/mol. The summed E-state index contributed by atoms with van der Waals surface area (Å²) in [6.07, 6.45) is 0.704. The molecule has 0 aliphatic heterocycles. The first kappa shape index (κ1) is 29.8. The quantitative estimate of drug-likeness (QED) is 0.138. The third-order valence-corrected chi connectivity index (χ3v) is 6.83. The SMILES string of the molecule is Cc1c(/C=N\NC(=O)[C@H](Cc2ccc(O)cc2)NC(=O)[C@H](CO)NC(=O)OCc2ccccc2)c2ccccc2n1C. The molecule has 0 unspecified atom stereocenters. The summed E-state index contributed by atoms with van der Waals surface area (Å²) in [5.74, 6) is -1.35. The van der Waals surface area contributed by atoms with E-state index in [9.17, 15) is 24.6 Å². The third kappa shape index (κ3) is 7.52. The average Bonchev–Trinajstić information content (AvgIpc) is 3.24. The maximum absolute atomic E-state index is 13.2. The number of hydrogen-bond acceptors (Lipinski definition) is 7. The molecule has 1 aromatic heterocycles. The van der Waals surface area contributed by atoms with Crippen LogP contribution in [0.25, 0.3) is 10.9 Å². The zero-order valence-corrected chi connectivity index (χ0v) is 23.3.